The fraction of sp³-hybridized carbons (Fsp3) is 0.400. The number of hydrogen-bond acceptors (Lipinski definition) is 5. The van der Waals surface area contributed by atoms with Crippen molar-refractivity contribution in [3.05, 3.63) is 39.9 Å². The number of amides is 2. The van der Waals surface area contributed by atoms with Crippen molar-refractivity contribution in [3.8, 4) is 0 Å². The number of nitrogens with zero attached hydrogens (tertiary/aromatic N) is 1. The van der Waals surface area contributed by atoms with Crippen LogP contribution in [0.2, 0.25) is 0 Å². The van der Waals surface area contributed by atoms with Gasteiger partial charge in [-0.25, -0.2) is 0 Å². The predicted octanol–water partition coefficient (Wildman–Crippen LogP) is 1.25. The number of nitrogens with one attached hydrogen (secondary N) is 2. The SMILES string of the molecule is O=C(NNC(=O)[C@@H]1CCCC[C@@H]1C(=O)O)c1ccccc1[N+](=O)[O-]. The Balaban J connectivity index is 2.02. The summed E-state index contributed by atoms with van der Waals surface area (Å²) in [6.07, 6.45) is 2.30. The van der Waals surface area contributed by atoms with Crippen LogP contribution in [0.1, 0.15) is 36.0 Å². The number of rotatable bonds is 4. The van der Waals surface area contributed by atoms with Crippen molar-refractivity contribution in [1.82, 2.24) is 10.9 Å². The lowest BCUT2D eigenvalue weighted by Crippen LogP contribution is -2.48. The lowest BCUT2D eigenvalue weighted by molar-refractivity contribution is -0.385. The molecule has 9 nitrogen and oxygen atoms in total. The molecule has 1 aromatic carbocycles. The Hall–Kier alpha value is -2.97. The standard InChI is InChI=1S/C15H17N3O6/c19-13(9-5-1-2-6-10(9)15(21)22)16-17-14(20)11-7-3-4-8-12(11)18(23)24/h3-4,7-10H,1-2,5-6H2,(H,16,19)(H,17,20)(H,21,22)/t9-,10+/m1/s1. The molecule has 0 aliphatic heterocycles. The third-order valence-electron chi connectivity index (χ3n) is 4.06. The number of benzene rings is 1. The van der Waals surface area contributed by atoms with Gasteiger partial charge in [0.1, 0.15) is 5.56 Å². The van der Waals surface area contributed by atoms with E-state index in [1.165, 1.54) is 24.3 Å². The summed E-state index contributed by atoms with van der Waals surface area (Å²) in [5.41, 5.74) is 3.71. The summed E-state index contributed by atoms with van der Waals surface area (Å²) < 4.78 is 0. The maximum absolute atomic E-state index is 12.1. The number of carboxylic acid groups (broad SMARTS) is 1. The van der Waals surface area contributed by atoms with Crippen LogP contribution in [0.25, 0.3) is 0 Å². The van der Waals surface area contributed by atoms with Gasteiger partial charge in [-0.15, -0.1) is 0 Å². The smallest absolute Gasteiger partial charge is 0.307 e. The maximum Gasteiger partial charge on any atom is 0.307 e. The average Bonchev–Trinajstić information content (AvgIpc) is 2.59. The zero-order chi connectivity index (χ0) is 17.7. The number of nitro benzene ring substituents is 1. The van der Waals surface area contributed by atoms with Crippen LogP contribution in [0, 0.1) is 22.0 Å². The molecule has 2 amide bonds. The zero-order valence-electron chi connectivity index (χ0n) is 12.7. The molecule has 2 rings (SSSR count). The van der Waals surface area contributed by atoms with Crippen LogP contribution in [-0.2, 0) is 9.59 Å². The van der Waals surface area contributed by atoms with Gasteiger partial charge in [0.05, 0.1) is 16.8 Å². The molecule has 1 aliphatic rings. The van der Waals surface area contributed by atoms with E-state index in [2.05, 4.69) is 10.9 Å². The van der Waals surface area contributed by atoms with Crippen molar-refractivity contribution >= 4 is 23.5 Å². The molecule has 1 aliphatic carbocycles. The predicted molar refractivity (Wildman–Crippen MR) is 81.8 cm³/mol. The molecule has 1 saturated carbocycles. The van der Waals surface area contributed by atoms with Crippen LogP contribution in [0.5, 0.6) is 0 Å². The fourth-order valence-electron chi connectivity index (χ4n) is 2.84. The van der Waals surface area contributed by atoms with E-state index in [-0.39, 0.29) is 11.3 Å². The molecule has 2 atom stereocenters. The van der Waals surface area contributed by atoms with E-state index in [1.807, 2.05) is 0 Å². The van der Waals surface area contributed by atoms with Gasteiger partial charge in [0.25, 0.3) is 11.6 Å². The molecule has 24 heavy (non-hydrogen) atoms. The van der Waals surface area contributed by atoms with E-state index in [0.717, 1.165) is 12.8 Å². The Kier molecular flexibility index (Phi) is 5.46. The largest absolute Gasteiger partial charge is 0.481 e. The highest BCUT2D eigenvalue weighted by Gasteiger charge is 2.36. The summed E-state index contributed by atoms with van der Waals surface area (Å²) in [7, 11) is 0. The fourth-order valence-corrected chi connectivity index (χ4v) is 2.84. The van der Waals surface area contributed by atoms with Gasteiger partial charge < -0.3 is 5.11 Å². The van der Waals surface area contributed by atoms with Crippen LogP contribution in [-0.4, -0.2) is 27.8 Å². The topological polar surface area (TPSA) is 139 Å². The zero-order valence-corrected chi connectivity index (χ0v) is 12.7. The van der Waals surface area contributed by atoms with E-state index in [4.69, 9.17) is 5.11 Å². The Morgan fingerprint density at radius 3 is 2.33 bits per heavy atom. The molecule has 128 valence electrons. The van der Waals surface area contributed by atoms with Crippen LogP contribution in [0.15, 0.2) is 24.3 Å². The monoisotopic (exact) mass is 335 g/mol. The van der Waals surface area contributed by atoms with Gasteiger partial charge >= 0.3 is 5.97 Å². The summed E-state index contributed by atoms with van der Waals surface area (Å²) in [6.45, 7) is 0. The highest BCUT2D eigenvalue weighted by atomic mass is 16.6. The van der Waals surface area contributed by atoms with Crippen molar-refractivity contribution in [1.29, 1.82) is 0 Å². The van der Waals surface area contributed by atoms with Crippen LogP contribution >= 0.6 is 0 Å². The summed E-state index contributed by atoms with van der Waals surface area (Å²) in [5.74, 6) is -4.00. The van der Waals surface area contributed by atoms with E-state index >= 15 is 0 Å². The molecule has 0 saturated heterocycles. The number of carbonyl (C=O) groups is 3. The number of carboxylic acids is 1. The minimum absolute atomic E-state index is 0.193. The van der Waals surface area contributed by atoms with Crippen molar-refractivity contribution in [2.24, 2.45) is 11.8 Å². The molecule has 0 spiro atoms. The number of nitro groups is 1. The first kappa shape index (κ1) is 17.4. The van der Waals surface area contributed by atoms with E-state index in [9.17, 15) is 24.5 Å². The first-order valence-electron chi connectivity index (χ1n) is 7.48. The molecule has 9 heteroatoms. The number of aliphatic carboxylic acids is 1. The van der Waals surface area contributed by atoms with Crippen LogP contribution in [0.3, 0.4) is 0 Å². The number of carbonyl (C=O) groups excluding carboxylic acids is 2. The number of para-hydroxylation sites is 1. The van der Waals surface area contributed by atoms with Gasteiger partial charge in [0, 0.05) is 6.07 Å². The Morgan fingerprint density at radius 1 is 1.08 bits per heavy atom. The molecule has 0 aromatic heterocycles. The van der Waals surface area contributed by atoms with Crippen molar-refractivity contribution in [2.45, 2.75) is 25.7 Å². The van der Waals surface area contributed by atoms with Gasteiger partial charge in [0.2, 0.25) is 5.91 Å². The first-order chi connectivity index (χ1) is 11.4. The van der Waals surface area contributed by atoms with Crippen LogP contribution < -0.4 is 10.9 Å². The van der Waals surface area contributed by atoms with E-state index < -0.39 is 34.5 Å². The van der Waals surface area contributed by atoms with Gasteiger partial charge in [-0.05, 0) is 18.9 Å². The molecular formula is C15H17N3O6. The third kappa shape index (κ3) is 3.86. The number of hydrogen-bond donors (Lipinski definition) is 3. The lowest BCUT2D eigenvalue weighted by atomic mass is 9.79. The minimum Gasteiger partial charge on any atom is -0.481 e. The van der Waals surface area contributed by atoms with Crippen LogP contribution in [0.4, 0.5) is 5.69 Å². The highest BCUT2D eigenvalue weighted by molar-refractivity contribution is 5.99. The average molecular weight is 335 g/mol. The second kappa shape index (κ2) is 7.53. The molecular weight excluding hydrogens is 318 g/mol. The third-order valence-corrected chi connectivity index (χ3v) is 4.06. The van der Waals surface area contributed by atoms with E-state index in [1.54, 1.807) is 0 Å². The molecule has 3 N–H and O–H groups in total. The summed E-state index contributed by atoms with van der Waals surface area (Å²) in [6, 6.07) is 5.33. The van der Waals surface area contributed by atoms with Crippen molar-refractivity contribution in [2.75, 3.05) is 0 Å². The Morgan fingerprint density at radius 2 is 1.71 bits per heavy atom. The highest BCUT2D eigenvalue weighted by Crippen LogP contribution is 2.30. The first-order valence-corrected chi connectivity index (χ1v) is 7.48. The summed E-state index contributed by atoms with van der Waals surface area (Å²) in [4.78, 5) is 45.6. The Bertz CT molecular complexity index is 675. The summed E-state index contributed by atoms with van der Waals surface area (Å²) >= 11 is 0. The molecule has 0 heterocycles. The normalized spacial score (nSPS) is 20.0. The molecule has 0 radical (unpaired) electrons. The molecule has 0 bridgehead atoms. The lowest BCUT2D eigenvalue weighted by Gasteiger charge is -2.27. The van der Waals surface area contributed by atoms with Gasteiger partial charge in [-0.1, -0.05) is 25.0 Å². The maximum atomic E-state index is 12.1. The molecule has 0 unspecified atom stereocenters. The second-order valence-corrected chi connectivity index (χ2v) is 5.55. The second-order valence-electron chi connectivity index (χ2n) is 5.55. The molecule has 1 aromatic rings. The minimum atomic E-state index is -1.04. The summed E-state index contributed by atoms with van der Waals surface area (Å²) in [5, 5.41) is 20.1. The van der Waals surface area contributed by atoms with Gasteiger partial charge in [-0.2, -0.15) is 0 Å². The van der Waals surface area contributed by atoms with Gasteiger partial charge in [-0.3, -0.25) is 35.3 Å². The van der Waals surface area contributed by atoms with E-state index in [0.29, 0.717) is 12.8 Å². The quantitative estimate of drug-likeness (QED) is 0.559. The molecule has 1 fully saturated rings. The van der Waals surface area contributed by atoms with Crippen molar-refractivity contribution in [3.63, 3.8) is 0 Å². The Labute approximate surface area is 137 Å². The van der Waals surface area contributed by atoms with Gasteiger partial charge in [0.15, 0.2) is 0 Å². The number of hydrazine groups is 1. The van der Waals surface area contributed by atoms with Crippen molar-refractivity contribution < 1.29 is 24.4 Å².